The molecule has 2 aliphatic rings. The highest BCUT2D eigenvalue weighted by atomic mass is 35.5. The molecule has 0 fully saturated rings. The van der Waals surface area contributed by atoms with Crippen molar-refractivity contribution in [3.8, 4) is 0 Å². The molecule has 1 aliphatic carbocycles. The van der Waals surface area contributed by atoms with Gasteiger partial charge in [0.25, 0.3) is 17.7 Å². The molecule has 2 heterocycles. The van der Waals surface area contributed by atoms with Crippen LogP contribution in [-0.4, -0.2) is 53.8 Å². The first-order valence-electron chi connectivity index (χ1n) is 11.9. The van der Waals surface area contributed by atoms with Gasteiger partial charge in [0.05, 0.1) is 43.4 Å². The average molecular weight is 636 g/mol. The highest BCUT2D eigenvalue weighted by Gasteiger charge is 2.46. The molecule has 39 heavy (non-hydrogen) atoms. The number of carbonyl (C=O) groups is 5. The third kappa shape index (κ3) is 5.37. The van der Waals surface area contributed by atoms with Crippen LogP contribution in [0.1, 0.15) is 68.7 Å². The number of fused-ring (bicyclic) bond motifs is 2. The van der Waals surface area contributed by atoms with Gasteiger partial charge in [-0.1, -0.05) is 53.3 Å². The molecule has 1 N–H and O–H groups in total. The van der Waals surface area contributed by atoms with Crippen LogP contribution >= 0.6 is 57.7 Å². The molecule has 2 aromatic rings. The number of anilines is 1. The van der Waals surface area contributed by atoms with Crippen LogP contribution in [0.3, 0.4) is 0 Å². The number of nitrogens with zero attached hydrogens (tertiary/aromatic N) is 1. The Morgan fingerprint density at radius 1 is 1.03 bits per heavy atom. The lowest BCUT2D eigenvalue weighted by molar-refractivity contribution is -0.150. The highest BCUT2D eigenvalue weighted by Crippen LogP contribution is 2.45. The SMILES string of the molecule is CCOC(=O)c1c(NC(=O)COC(=O)[C@@H](C)N2C(=O)c3c(Cl)c(Cl)c(Cl)c(Cl)c3C2=O)sc2c1CC[C@H](C)C2. The zero-order valence-electron chi connectivity index (χ0n) is 20.9. The van der Waals surface area contributed by atoms with Gasteiger partial charge in [-0.15, -0.1) is 11.3 Å². The standard InChI is InChI=1S/C25H22Cl4N2O7S/c1-4-37-25(36)14-11-6-5-9(2)7-12(11)39-21(14)30-13(32)8-38-24(35)10(3)31-22(33)15-16(23(31)34)18(27)20(29)19(28)17(15)26/h9-10H,4-8H2,1-3H3,(H,30,32)/t9-,10+/m0/s1. The Kier molecular flexibility index (Phi) is 8.82. The second-order valence-electron chi connectivity index (χ2n) is 9.09. The zero-order valence-corrected chi connectivity index (χ0v) is 24.8. The molecule has 0 saturated heterocycles. The third-order valence-corrected chi connectivity index (χ3v) is 9.42. The highest BCUT2D eigenvalue weighted by molar-refractivity contribution is 7.17. The number of rotatable bonds is 7. The summed E-state index contributed by atoms with van der Waals surface area (Å²) in [6, 6.07) is -1.43. The molecule has 0 bridgehead atoms. The summed E-state index contributed by atoms with van der Waals surface area (Å²) in [5.41, 5.74) is 0.622. The average Bonchev–Trinajstić information content (AvgIpc) is 3.37. The predicted molar refractivity (Wildman–Crippen MR) is 147 cm³/mol. The number of benzene rings is 1. The van der Waals surface area contributed by atoms with E-state index in [2.05, 4.69) is 12.2 Å². The first-order chi connectivity index (χ1) is 18.4. The molecule has 0 saturated carbocycles. The van der Waals surface area contributed by atoms with Crippen molar-refractivity contribution in [2.75, 3.05) is 18.5 Å². The minimum atomic E-state index is -1.43. The summed E-state index contributed by atoms with van der Waals surface area (Å²) in [5, 5.41) is 2.00. The summed E-state index contributed by atoms with van der Waals surface area (Å²) in [7, 11) is 0. The molecule has 1 aromatic carbocycles. The van der Waals surface area contributed by atoms with Crippen molar-refractivity contribution in [1.29, 1.82) is 0 Å². The fourth-order valence-corrected chi connectivity index (χ4v) is 6.93. The van der Waals surface area contributed by atoms with E-state index < -0.39 is 42.3 Å². The second-order valence-corrected chi connectivity index (χ2v) is 11.7. The van der Waals surface area contributed by atoms with Gasteiger partial charge in [0.15, 0.2) is 6.61 Å². The van der Waals surface area contributed by atoms with Crippen molar-refractivity contribution in [2.45, 2.75) is 46.1 Å². The molecule has 0 radical (unpaired) electrons. The Morgan fingerprint density at radius 2 is 1.62 bits per heavy atom. The van der Waals surface area contributed by atoms with Crippen molar-refractivity contribution in [2.24, 2.45) is 5.92 Å². The van der Waals surface area contributed by atoms with Crippen LogP contribution in [0.2, 0.25) is 20.1 Å². The van der Waals surface area contributed by atoms with E-state index >= 15 is 0 Å². The number of halogens is 4. The summed E-state index contributed by atoms with van der Waals surface area (Å²) in [6.07, 6.45) is 2.37. The maximum Gasteiger partial charge on any atom is 0.341 e. The van der Waals surface area contributed by atoms with Crippen LogP contribution < -0.4 is 5.32 Å². The molecule has 208 valence electrons. The number of hydrogen-bond acceptors (Lipinski definition) is 8. The first kappa shape index (κ1) is 29.6. The smallest absolute Gasteiger partial charge is 0.341 e. The zero-order chi connectivity index (χ0) is 28.8. The number of esters is 2. The van der Waals surface area contributed by atoms with Crippen LogP contribution in [0.25, 0.3) is 0 Å². The minimum Gasteiger partial charge on any atom is -0.462 e. The van der Waals surface area contributed by atoms with Crippen molar-refractivity contribution < 1.29 is 33.4 Å². The Bertz CT molecular complexity index is 1380. The second kappa shape index (κ2) is 11.6. The van der Waals surface area contributed by atoms with Gasteiger partial charge in [0.2, 0.25) is 0 Å². The van der Waals surface area contributed by atoms with E-state index in [0.717, 1.165) is 23.3 Å². The number of amides is 3. The number of imide groups is 1. The molecule has 9 nitrogen and oxygen atoms in total. The first-order valence-corrected chi connectivity index (χ1v) is 14.2. The molecule has 0 unspecified atom stereocenters. The summed E-state index contributed by atoms with van der Waals surface area (Å²) in [4.78, 5) is 65.7. The van der Waals surface area contributed by atoms with E-state index in [1.807, 2.05) is 0 Å². The van der Waals surface area contributed by atoms with Crippen LogP contribution in [0, 0.1) is 5.92 Å². The molecular weight excluding hydrogens is 614 g/mol. The maximum absolute atomic E-state index is 13.0. The molecule has 14 heteroatoms. The Morgan fingerprint density at radius 3 is 2.18 bits per heavy atom. The van der Waals surface area contributed by atoms with Gasteiger partial charge in [0, 0.05) is 4.88 Å². The monoisotopic (exact) mass is 634 g/mol. The lowest BCUT2D eigenvalue weighted by atomic mass is 9.88. The number of nitrogens with one attached hydrogen (secondary N) is 1. The summed E-state index contributed by atoms with van der Waals surface area (Å²) in [6.45, 7) is 4.50. The van der Waals surface area contributed by atoms with Gasteiger partial charge in [0.1, 0.15) is 11.0 Å². The number of ether oxygens (including phenoxy) is 2. The fraction of sp³-hybridized carbons (Fsp3) is 0.400. The van der Waals surface area contributed by atoms with Gasteiger partial charge < -0.3 is 14.8 Å². The van der Waals surface area contributed by atoms with Gasteiger partial charge in [-0.25, -0.2) is 9.59 Å². The van der Waals surface area contributed by atoms with Crippen molar-refractivity contribution in [3.05, 3.63) is 47.2 Å². The topological polar surface area (TPSA) is 119 Å². The molecule has 0 spiro atoms. The van der Waals surface area contributed by atoms with Crippen molar-refractivity contribution >= 4 is 92.4 Å². The molecule has 4 rings (SSSR count). The van der Waals surface area contributed by atoms with Gasteiger partial charge in [-0.3, -0.25) is 19.3 Å². The van der Waals surface area contributed by atoms with Crippen LogP contribution in [0.15, 0.2) is 0 Å². The lowest BCUT2D eigenvalue weighted by Crippen LogP contribution is -2.44. The lowest BCUT2D eigenvalue weighted by Gasteiger charge is -2.20. The van der Waals surface area contributed by atoms with Gasteiger partial charge >= 0.3 is 11.9 Å². The van der Waals surface area contributed by atoms with Crippen molar-refractivity contribution in [3.63, 3.8) is 0 Å². The minimum absolute atomic E-state index is 0.176. The van der Waals surface area contributed by atoms with Crippen LogP contribution in [0.4, 0.5) is 5.00 Å². The van der Waals surface area contributed by atoms with E-state index in [0.29, 0.717) is 27.8 Å². The Labute approximate surface area is 247 Å². The van der Waals surface area contributed by atoms with Crippen LogP contribution in [-0.2, 0) is 31.9 Å². The summed E-state index contributed by atoms with van der Waals surface area (Å²) in [5.74, 6) is -3.66. The third-order valence-electron chi connectivity index (χ3n) is 6.45. The summed E-state index contributed by atoms with van der Waals surface area (Å²) < 4.78 is 10.3. The normalized spacial score (nSPS) is 17.0. The number of hydrogen-bond donors (Lipinski definition) is 1. The Balaban J connectivity index is 1.46. The molecule has 1 aliphatic heterocycles. The largest absolute Gasteiger partial charge is 0.462 e. The van der Waals surface area contributed by atoms with E-state index in [9.17, 15) is 24.0 Å². The number of carbonyl (C=O) groups excluding carboxylic acids is 5. The van der Waals surface area contributed by atoms with E-state index in [4.69, 9.17) is 55.9 Å². The fourth-order valence-electron chi connectivity index (χ4n) is 4.50. The van der Waals surface area contributed by atoms with Crippen LogP contribution in [0.5, 0.6) is 0 Å². The quantitative estimate of drug-likeness (QED) is 0.176. The van der Waals surface area contributed by atoms with E-state index in [-0.39, 0.29) is 37.8 Å². The summed E-state index contributed by atoms with van der Waals surface area (Å²) >= 11 is 25.6. The number of thiophene rings is 1. The van der Waals surface area contributed by atoms with E-state index in [1.54, 1.807) is 6.92 Å². The molecular formula is C25H22Cl4N2O7S. The molecule has 3 amide bonds. The Hall–Kier alpha value is -2.37. The van der Waals surface area contributed by atoms with Gasteiger partial charge in [-0.2, -0.15) is 0 Å². The van der Waals surface area contributed by atoms with E-state index in [1.165, 1.54) is 18.3 Å². The maximum atomic E-state index is 13.0. The van der Waals surface area contributed by atoms with Gasteiger partial charge in [-0.05, 0) is 44.6 Å². The van der Waals surface area contributed by atoms with Crippen molar-refractivity contribution in [1.82, 2.24) is 4.90 Å². The molecule has 2 atom stereocenters. The predicted octanol–water partition coefficient (Wildman–Crippen LogP) is 5.83. The molecule has 1 aromatic heterocycles.